The highest BCUT2D eigenvalue weighted by Crippen LogP contribution is 2.29. The van der Waals surface area contributed by atoms with Crippen LogP contribution in [0.3, 0.4) is 0 Å². The standard InChI is InChI=1S/C18H10Cl2F3N/c19-15-8-5-12-9-13(17(20)24-16(12)10-15)4-1-11-2-6-14(7-3-11)18(21,22)23/h1-10H/b4-1-. The molecule has 0 N–H and O–H groups in total. The molecule has 3 aromatic rings. The third-order valence-electron chi connectivity index (χ3n) is 3.45. The Morgan fingerprint density at radius 1 is 0.875 bits per heavy atom. The summed E-state index contributed by atoms with van der Waals surface area (Å²) in [7, 11) is 0. The summed E-state index contributed by atoms with van der Waals surface area (Å²) in [6, 6.07) is 12.0. The zero-order chi connectivity index (χ0) is 17.3. The Morgan fingerprint density at radius 2 is 1.58 bits per heavy atom. The summed E-state index contributed by atoms with van der Waals surface area (Å²) in [6.07, 6.45) is -0.939. The molecule has 6 heteroatoms. The van der Waals surface area contributed by atoms with Gasteiger partial charge in [0.2, 0.25) is 0 Å². The van der Waals surface area contributed by atoms with Gasteiger partial charge in [-0.2, -0.15) is 13.2 Å². The number of alkyl halides is 3. The van der Waals surface area contributed by atoms with Crippen molar-refractivity contribution in [3.63, 3.8) is 0 Å². The van der Waals surface area contributed by atoms with Crippen LogP contribution >= 0.6 is 23.2 Å². The molecule has 0 radical (unpaired) electrons. The van der Waals surface area contributed by atoms with E-state index in [1.54, 1.807) is 24.3 Å². The lowest BCUT2D eigenvalue weighted by molar-refractivity contribution is -0.137. The molecule has 24 heavy (non-hydrogen) atoms. The van der Waals surface area contributed by atoms with Crippen LogP contribution in [0.5, 0.6) is 0 Å². The molecule has 0 amide bonds. The predicted molar refractivity (Wildman–Crippen MR) is 92.1 cm³/mol. The molecule has 1 heterocycles. The number of pyridine rings is 1. The molecule has 1 aromatic heterocycles. The average Bonchev–Trinajstić information content (AvgIpc) is 2.52. The maximum Gasteiger partial charge on any atom is 0.416 e. The second kappa shape index (κ2) is 6.46. The largest absolute Gasteiger partial charge is 0.416 e. The van der Waals surface area contributed by atoms with Gasteiger partial charge in [0.1, 0.15) is 5.15 Å². The smallest absolute Gasteiger partial charge is 0.235 e. The van der Waals surface area contributed by atoms with Gasteiger partial charge < -0.3 is 0 Å². The number of halogens is 5. The number of nitrogens with zero attached hydrogens (tertiary/aromatic N) is 1. The maximum atomic E-state index is 12.5. The van der Waals surface area contributed by atoms with E-state index in [0.29, 0.717) is 26.8 Å². The number of hydrogen-bond acceptors (Lipinski definition) is 1. The normalized spacial score (nSPS) is 12.2. The van der Waals surface area contributed by atoms with Crippen LogP contribution in [0, 0.1) is 0 Å². The Labute approximate surface area is 146 Å². The number of rotatable bonds is 2. The van der Waals surface area contributed by atoms with E-state index in [1.807, 2.05) is 12.1 Å². The first kappa shape index (κ1) is 16.8. The molecule has 0 atom stereocenters. The Kier molecular flexibility index (Phi) is 4.52. The van der Waals surface area contributed by atoms with E-state index in [4.69, 9.17) is 23.2 Å². The Hall–Kier alpha value is -2.04. The van der Waals surface area contributed by atoms with Crippen molar-refractivity contribution in [3.05, 3.63) is 75.4 Å². The molecular weight excluding hydrogens is 358 g/mol. The van der Waals surface area contributed by atoms with Gasteiger partial charge in [0.15, 0.2) is 0 Å². The highest BCUT2D eigenvalue weighted by atomic mass is 35.5. The zero-order valence-electron chi connectivity index (χ0n) is 12.1. The van der Waals surface area contributed by atoms with Gasteiger partial charge >= 0.3 is 6.18 Å². The van der Waals surface area contributed by atoms with E-state index in [1.165, 1.54) is 12.1 Å². The van der Waals surface area contributed by atoms with Crippen molar-refractivity contribution >= 4 is 46.3 Å². The van der Waals surface area contributed by atoms with Crippen LogP contribution in [0.1, 0.15) is 16.7 Å². The lowest BCUT2D eigenvalue weighted by atomic mass is 10.1. The van der Waals surface area contributed by atoms with Crippen molar-refractivity contribution in [1.82, 2.24) is 4.98 Å². The van der Waals surface area contributed by atoms with Gasteiger partial charge in [0, 0.05) is 16.0 Å². The Balaban J connectivity index is 1.90. The minimum atomic E-state index is -4.34. The molecule has 3 rings (SSSR count). The van der Waals surface area contributed by atoms with Crippen LogP contribution in [0.2, 0.25) is 10.2 Å². The molecule has 0 bridgehead atoms. The second-order valence-corrected chi connectivity index (χ2v) is 5.95. The molecule has 122 valence electrons. The molecule has 2 aromatic carbocycles. The van der Waals surface area contributed by atoms with Crippen molar-refractivity contribution in [1.29, 1.82) is 0 Å². The molecule has 0 spiro atoms. The first-order valence-corrected chi connectivity index (χ1v) is 7.70. The van der Waals surface area contributed by atoms with E-state index in [-0.39, 0.29) is 0 Å². The van der Waals surface area contributed by atoms with Crippen molar-refractivity contribution in [2.45, 2.75) is 6.18 Å². The SMILES string of the molecule is FC(F)(F)c1ccc(/C=C\c2cc3ccc(Cl)cc3nc2Cl)cc1. The summed E-state index contributed by atoms with van der Waals surface area (Å²) in [5, 5.41) is 1.74. The van der Waals surface area contributed by atoms with Gasteiger partial charge in [0.05, 0.1) is 11.1 Å². The molecule has 1 nitrogen and oxygen atoms in total. The summed E-state index contributed by atoms with van der Waals surface area (Å²) in [6.45, 7) is 0. The van der Waals surface area contributed by atoms with E-state index in [2.05, 4.69) is 4.98 Å². The molecule has 0 saturated heterocycles. The topological polar surface area (TPSA) is 12.9 Å². The van der Waals surface area contributed by atoms with Gasteiger partial charge in [-0.15, -0.1) is 0 Å². The van der Waals surface area contributed by atoms with Crippen LogP contribution < -0.4 is 0 Å². The van der Waals surface area contributed by atoms with E-state index in [9.17, 15) is 13.2 Å². The average molecular weight is 368 g/mol. The summed E-state index contributed by atoms with van der Waals surface area (Å²) in [4.78, 5) is 4.28. The fraction of sp³-hybridized carbons (Fsp3) is 0.0556. The van der Waals surface area contributed by atoms with Crippen LogP contribution in [-0.2, 0) is 6.18 Å². The highest BCUT2D eigenvalue weighted by Gasteiger charge is 2.29. The summed E-state index contributed by atoms with van der Waals surface area (Å²) in [5.74, 6) is 0. The fourth-order valence-corrected chi connectivity index (χ4v) is 2.59. The molecule has 0 saturated carbocycles. The van der Waals surface area contributed by atoms with E-state index in [0.717, 1.165) is 17.5 Å². The minimum Gasteiger partial charge on any atom is -0.235 e. The lowest BCUT2D eigenvalue weighted by Crippen LogP contribution is -2.03. The number of hydrogen-bond donors (Lipinski definition) is 0. The highest BCUT2D eigenvalue weighted by molar-refractivity contribution is 6.32. The van der Waals surface area contributed by atoms with Crippen molar-refractivity contribution in [2.24, 2.45) is 0 Å². The van der Waals surface area contributed by atoms with Gasteiger partial charge in [-0.3, -0.25) is 0 Å². The number of aromatic nitrogens is 1. The van der Waals surface area contributed by atoms with Crippen LogP contribution in [0.15, 0.2) is 48.5 Å². The van der Waals surface area contributed by atoms with Crippen molar-refractivity contribution < 1.29 is 13.2 Å². The zero-order valence-corrected chi connectivity index (χ0v) is 13.6. The summed E-state index contributed by atoms with van der Waals surface area (Å²) < 4.78 is 37.6. The van der Waals surface area contributed by atoms with Gasteiger partial charge in [-0.1, -0.05) is 53.6 Å². The predicted octanol–water partition coefficient (Wildman–Crippen LogP) is 6.73. The van der Waals surface area contributed by atoms with Crippen LogP contribution in [-0.4, -0.2) is 4.98 Å². The van der Waals surface area contributed by atoms with Gasteiger partial charge in [-0.05, 0) is 35.9 Å². The number of fused-ring (bicyclic) bond motifs is 1. The molecule has 0 unspecified atom stereocenters. The summed E-state index contributed by atoms with van der Waals surface area (Å²) in [5.41, 5.74) is 1.31. The third kappa shape index (κ3) is 3.71. The minimum absolute atomic E-state index is 0.299. The first-order chi connectivity index (χ1) is 11.3. The fourth-order valence-electron chi connectivity index (χ4n) is 2.22. The quantitative estimate of drug-likeness (QED) is 0.457. The first-order valence-electron chi connectivity index (χ1n) is 6.94. The second-order valence-electron chi connectivity index (χ2n) is 5.16. The third-order valence-corrected chi connectivity index (χ3v) is 3.99. The monoisotopic (exact) mass is 367 g/mol. The molecule has 0 aliphatic heterocycles. The Bertz CT molecular complexity index is 916. The number of benzene rings is 2. The van der Waals surface area contributed by atoms with Crippen molar-refractivity contribution in [2.75, 3.05) is 0 Å². The van der Waals surface area contributed by atoms with Crippen LogP contribution in [0.25, 0.3) is 23.1 Å². The van der Waals surface area contributed by atoms with E-state index >= 15 is 0 Å². The maximum absolute atomic E-state index is 12.5. The molecule has 0 aliphatic rings. The van der Waals surface area contributed by atoms with E-state index < -0.39 is 11.7 Å². The van der Waals surface area contributed by atoms with Gasteiger partial charge in [0.25, 0.3) is 0 Å². The van der Waals surface area contributed by atoms with Gasteiger partial charge in [-0.25, -0.2) is 4.98 Å². The summed E-state index contributed by atoms with van der Waals surface area (Å²) >= 11 is 12.1. The molecule has 0 aliphatic carbocycles. The van der Waals surface area contributed by atoms with Crippen LogP contribution in [0.4, 0.5) is 13.2 Å². The Morgan fingerprint density at radius 3 is 2.25 bits per heavy atom. The lowest BCUT2D eigenvalue weighted by Gasteiger charge is -2.06. The van der Waals surface area contributed by atoms with Crippen molar-refractivity contribution in [3.8, 4) is 0 Å². The molecule has 0 fully saturated rings. The molecular formula is C18H10Cl2F3N.